The van der Waals surface area contributed by atoms with Gasteiger partial charge >= 0.3 is 0 Å². The van der Waals surface area contributed by atoms with E-state index in [1.165, 1.54) is 5.56 Å². The number of ether oxygens (including phenoxy) is 1. The molecule has 2 aromatic rings. The van der Waals surface area contributed by atoms with Crippen molar-refractivity contribution in [3.63, 3.8) is 0 Å². The van der Waals surface area contributed by atoms with Crippen LogP contribution in [0.25, 0.3) is 11.4 Å². The summed E-state index contributed by atoms with van der Waals surface area (Å²) in [6, 6.07) is 6.15. The van der Waals surface area contributed by atoms with Crippen molar-refractivity contribution in [2.24, 2.45) is 5.73 Å². The van der Waals surface area contributed by atoms with E-state index in [0.29, 0.717) is 19.7 Å². The minimum atomic E-state index is 0.361. The number of hydrogen-bond donors (Lipinski definition) is 1. The van der Waals surface area contributed by atoms with E-state index in [1.54, 1.807) is 7.11 Å². The molecule has 0 aliphatic carbocycles. The Bertz CT molecular complexity index is 568. The zero-order chi connectivity index (χ0) is 13.8. The average Bonchev–Trinajstić information content (AvgIpc) is 2.81. The molecule has 1 aromatic carbocycles. The molecule has 0 bridgehead atoms. The lowest BCUT2D eigenvalue weighted by atomic mass is 10.1. The number of nitrogens with two attached hydrogens (primary N) is 1. The van der Waals surface area contributed by atoms with Crippen molar-refractivity contribution in [2.45, 2.75) is 20.0 Å². The number of hydrogen-bond acceptors (Lipinski definition) is 4. The summed E-state index contributed by atoms with van der Waals surface area (Å²) in [5.74, 6) is 1.58. The molecule has 6 heteroatoms. The molecule has 0 unspecified atom stereocenters. The number of aryl methyl sites for hydroxylation is 1. The topological polar surface area (TPSA) is 66.0 Å². The molecule has 0 fully saturated rings. The van der Waals surface area contributed by atoms with Gasteiger partial charge in [-0.2, -0.15) is 0 Å². The van der Waals surface area contributed by atoms with Gasteiger partial charge in [0.2, 0.25) is 0 Å². The van der Waals surface area contributed by atoms with E-state index in [4.69, 9.17) is 10.5 Å². The maximum Gasteiger partial charge on any atom is 0.165 e. The van der Waals surface area contributed by atoms with Crippen LogP contribution in [0.4, 0.5) is 0 Å². The Balaban J connectivity index is 2.49. The average molecular weight is 325 g/mol. The second-order valence-electron chi connectivity index (χ2n) is 4.27. The fourth-order valence-electron chi connectivity index (χ4n) is 1.91. The molecule has 2 rings (SSSR count). The molecule has 0 aliphatic rings. The molecule has 0 radical (unpaired) electrons. The molecule has 0 amide bonds. The van der Waals surface area contributed by atoms with Crippen molar-refractivity contribution < 1.29 is 4.74 Å². The predicted octanol–water partition coefficient (Wildman–Crippen LogP) is 2.12. The summed E-state index contributed by atoms with van der Waals surface area (Å²) >= 11 is 3.56. The third-order valence-corrected chi connectivity index (χ3v) is 3.58. The van der Waals surface area contributed by atoms with Crippen molar-refractivity contribution in [1.29, 1.82) is 0 Å². The van der Waals surface area contributed by atoms with Gasteiger partial charge in [0, 0.05) is 23.7 Å². The molecule has 0 saturated heterocycles. The molecule has 2 N–H and O–H groups in total. The normalized spacial score (nSPS) is 10.9. The number of benzene rings is 1. The first-order chi connectivity index (χ1) is 9.17. The van der Waals surface area contributed by atoms with E-state index >= 15 is 0 Å². The van der Waals surface area contributed by atoms with Crippen LogP contribution in [0.5, 0.6) is 0 Å². The minimum Gasteiger partial charge on any atom is -0.383 e. The van der Waals surface area contributed by atoms with Gasteiger partial charge in [-0.05, 0) is 19.1 Å². The quantitative estimate of drug-likeness (QED) is 0.914. The Morgan fingerprint density at radius 1 is 1.37 bits per heavy atom. The first kappa shape index (κ1) is 14.2. The molecule has 0 aliphatic heterocycles. The number of aromatic nitrogens is 3. The van der Waals surface area contributed by atoms with E-state index in [2.05, 4.69) is 39.1 Å². The Labute approximate surface area is 120 Å². The monoisotopic (exact) mass is 324 g/mol. The van der Waals surface area contributed by atoms with Crippen LogP contribution in [-0.4, -0.2) is 28.5 Å². The fraction of sp³-hybridized carbons (Fsp3) is 0.385. The highest BCUT2D eigenvalue weighted by atomic mass is 79.9. The van der Waals surface area contributed by atoms with Gasteiger partial charge in [0.1, 0.15) is 5.82 Å². The molecule has 0 atom stereocenters. The van der Waals surface area contributed by atoms with Gasteiger partial charge in [-0.25, -0.2) is 0 Å². The smallest absolute Gasteiger partial charge is 0.165 e. The summed E-state index contributed by atoms with van der Waals surface area (Å²) in [5.41, 5.74) is 7.90. The molecule has 5 nitrogen and oxygen atoms in total. The molecule has 0 saturated carbocycles. The third kappa shape index (κ3) is 3.02. The van der Waals surface area contributed by atoms with Gasteiger partial charge in [0.05, 0.1) is 13.2 Å². The van der Waals surface area contributed by atoms with E-state index in [9.17, 15) is 0 Å². The highest BCUT2D eigenvalue weighted by Crippen LogP contribution is 2.28. The number of nitrogens with zero attached hydrogens (tertiary/aromatic N) is 3. The number of halogens is 1. The highest BCUT2D eigenvalue weighted by molar-refractivity contribution is 9.10. The maximum absolute atomic E-state index is 5.71. The van der Waals surface area contributed by atoms with Crippen LogP contribution in [-0.2, 0) is 17.8 Å². The fourth-order valence-corrected chi connectivity index (χ4v) is 2.34. The first-order valence-corrected chi connectivity index (χ1v) is 6.84. The van der Waals surface area contributed by atoms with Crippen molar-refractivity contribution in [2.75, 3.05) is 13.7 Å². The van der Waals surface area contributed by atoms with Crippen molar-refractivity contribution in [1.82, 2.24) is 14.8 Å². The van der Waals surface area contributed by atoms with Gasteiger partial charge in [-0.3, -0.25) is 0 Å². The molecular weight excluding hydrogens is 308 g/mol. The van der Waals surface area contributed by atoms with Gasteiger partial charge in [0.25, 0.3) is 0 Å². The van der Waals surface area contributed by atoms with Gasteiger partial charge in [0.15, 0.2) is 5.82 Å². The van der Waals surface area contributed by atoms with Crippen LogP contribution < -0.4 is 5.73 Å². The van der Waals surface area contributed by atoms with Crippen molar-refractivity contribution in [3.05, 3.63) is 34.1 Å². The Morgan fingerprint density at radius 3 is 2.84 bits per heavy atom. The van der Waals surface area contributed by atoms with Gasteiger partial charge < -0.3 is 15.0 Å². The zero-order valence-electron chi connectivity index (χ0n) is 11.1. The SMILES string of the molecule is COCCn1c(CN)nnc1-c1cc(C)ccc1Br. The molecule has 1 aromatic heterocycles. The van der Waals surface area contributed by atoms with E-state index in [-0.39, 0.29) is 0 Å². The summed E-state index contributed by atoms with van der Waals surface area (Å²) < 4.78 is 8.13. The second kappa shape index (κ2) is 6.27. The highest BCUT2D eigenvalue weighted by Gasteiger charge is 2.15. The lowest BCUT2D eigenvalue weighted by molar-refractivity contribution is 0.186. The molecule has 19 heavy (non-hydrogen) atoms. The maximum atomic E-state index is 5.71. The summed E-state index contributed by atoms with van der Waals surface area (Å²) in [4.78, 5) is 0. The molecule has 102 valence electrons. The molecule has 1 heterocycles. The van der Waals surface area contributed by atoms with Crippen LogP contribution >= 0.6 is 15.9 Å². The second-order valence-corrected chi connectivity index (χ2v) is 5.13. The van der Waals surface area contributed by atoms with Crippen LogP contribution in [0.15, 0.2) is 22.7 Å². The predicted molar refractivity (Wildman–Crippen MR) is 77.7 cm³/mol. The summed E-state index contributed by atoms with van der Waals surface area (Å²) in [6.45, 7) is 3.70. The summed E-state index contributed by atoms with van der Waals surface area (Å²) in [6.07, 6.45) is 0. The Kier molecular flexibility index (Phi) is 4.68. The van der Waals surface area contributed by atoms with Crippen molar-refractivity contribution >= 4 is 15.9 Å². The Hall–Kier alpha value is -1.24. The third-order valence-electron chi connectivity index (χ3n) is 2.89. The summed E-state index contributed by atoms with van der Waals surface area (Å²) in [7, 11) is 1.68. The van der Waals surface area contributed by atoms with Gasteiger partial charge in [-0.15, -0.1) is 10.2 Å². The van der Waals surface area contributed by atoms with Crippen LogP contribution in [0.1, 0.15) is 11.4 Å². The van der Waals surface area contributed by atoms with Crippen LogP contribution in [0.2, 0.25) is 0 Å². The summed E-state index contributed by atoms with van der Waals surface area (Å²) in [5, 5.41) is 8.41. The van der Waals surface area contributed by atoms with Crippen LogP contribution in [0.3, 0.4) is 0 Å². The number of rotatable bonds is 5. The first-order valence-electron chi connectivity index (χ1n) is 6.05. The number of methoxy groups -OCH3 is 1. The van der Waals surface area contributed by atoms with E-state index in [1.807, 2.05) is 16.7 Å². The molecular formula is C13H17BrN4O. The molecule has 0 spiro atoms. The zero-order valence-corrected chi connectivity index (χ0v) is 12.6. The van der Waals surface area contributed by atoms with Gasteiger partial charge in [-0.1, -0.05) is 27.6 Å². The standard InChI is InChI=1S/C13H17BrN4O/c1-9-3-4-11(14)10(7-9)13-17-16-12(8-15)18(13)5-6-19-2/h3-4,7H,5-6,8,15H2,1-2H3. The van der Waals surface area contributed by atoms with E-state index in [0.717, 1.165) is 21.7 Å². The Morgan fingerprint density at radius 2 is 2.16 bits per heavy atom. The van der Waals surface area contributed by atoms with Crippen molar-refractivity contribution in [3.8, 4) is 11.4 Å². The lowest BCUT2D eigenvalue weighted by Gasteiger charge is -2.10. The minimum absolute atomic E-state index is 0.361. The lowest BCUT2D eigenvalue weighted by Crippen LogP contribution is -2.13. The van der Waals surface area contributed by atoms with E-state index < -0.39 is 0 Å². The van der Waals surface area contributed by atoms with Crippen LogP contribution in [0, 0.1) is 6.92 Å². The largest absolute Gasteiger partial charge is 0.383 e.